The Labute approximate surface area is 122 Å². The molecule has 0 aliphatic heterocycles. The van der Waals surface area contributed by atoms with Gasteiger partial charge >= 0.3 is 6.03 Å². The molecule has 2 amide bonds. The molecule has 3 aromatic rings. The zero-order chi connectivity index (χ0) is 14.7. The van der Waals surface area contributed by atoms with E-state index in [-0.39, 0.29) is 6.03 Å². The number of carbonyl (C=O) groups is 1. The summed E-state index contributed by atoms with van der Waals surface area (Å²) in [5, 5.41) is 2.90. The Morgan fingerprint density at radius 1 is 1.24 bits per heavy atom. The molecule has 1 heterocycles. The second-order valence-electron chi connectivity index (χ2n) is 4.81. The van der Waals surface area contributed by atoms with E-state index in [4.69, 9.17) is 0 Å². The van der Waals surface area contributed by atoms with Gasteiger partial charge < -0.3 is 10.3 Å². The van der Waals surface area contributed by atoms with Gasteiger partial charge in [-0.05, 0) is 23.8 Å². The molecular formula is C16H16N4O. The van der Waals surface area contributed by atoms with Gasteiger partial charge in [-0.3, -0.25) is 4.90 Å². The third-order valence-corrected chi connectivity index (χ3v) is 3.38. The minimum Gasteiger partial charge on any atom is -0.345 e. The zero-order valence-corrected chi connectivity index (χ0v) is 11.7. The van der Waals surface area contributed by atoms with Crippen LogP contribution in [0.1, 0.15) is 5.56 Å². The van der Waals surface area contributed by atoms with Gasteiger partial charge in [-0.1, -0.05) is 30.3 Å². The molecule has 0 fully saturated rings. The number of fused-ring (bicyclic) bond motifs is 1. The fourth-order valence-corrected chi connectivity index (χ4v) is 2.14. The number of nitrogens with zero attached hydrogens (tertiary/aromatic N) is 2. The quantitative estimate of drug-likeness (QED) is 0.775. The molecule has 2 N–H and O–H groups in total. The van der Waals surface area contributed by atoms with Crippen molar-refractivity contribution in [1.82, 2.24) is 15.3 Å². The van der Waals surface area contributed by atoms with Crippen molar-refractivity contribution in [3.63, 3.8) is 0 Å². The highest BCUT2D eigenvalue weighted by atomic mass is 16.2. The average molecular weight is 280 g/mol. The number of carbonyl (C=O) groups excluding carboxylic acids is 1. The number of hydrogen-bond donors (Lipinski definition) is 2. The normalized spacial score (nSPS) is 10.5. The van der Waals surface area contributed by atoms with Crippen molar-refractivity contribution < 1.29 is 4.79 Å². The van der Waals surface area contributed by atoms with Gasteiger partial charge in [0.05, 0.1) is 17.4 Å². The standard InChI is InChI=1S/C16H16N4O/c1-20(13-7-8-14-15(9-13)19-11-18-14)16(21)17-10-12-5-3-2-4-6-12/h2-9,11H,10H2,1H3,(H,17,21)(H,18,19). The van der Waals surface area contributed by atoms with Gasteiger partial charge in [0.15, 0.2) is 0 Å². The van der Waals surface area contributed by atoms with Crippen LogP contribution in [-0.2, 0) is 6.54 Å². The van der Waals surface area contributed by atoms with Crippen LogP contribution in [-0.4, -0.2) is 23.0 Å². The SMILES string of the molecule is CN(C(=O)NCc1ccccc1)c1ccc2nc[nH]c2c1. The number of amides is 2. The number of imidazole rings is 1. The van der Waals surface area contributed by atoms with Gasteiger partial charge in [-0.2, -0.15) is 0 Å². The zero-order valence-electron chi connectivity index (χ0n) is 11.7. The van der Waals surface area contributed by atoms with Crippen LogP contribution in [0.3, 0.4) is 0 Å². The summed E-state index contributed by atoms with van der Waals surface area (Å²) >= 11 is 0. The molecule has 0 saturated heterocycles. The molecule has 0 unspecified atom stereocenters. The first kappa shape index (κ1) is 13.2. The Balaban J connectivity index is 1.68. The fourth-order valence-electron chi connectivity index (χ4n) is 2.14. The van der Waals surface area contributed by atoms with Gasteiger partial charge in [0.2, 0.25) is 0 Å². The Kier molecular flexibility index (Phi) is 3.55. The molecule has 0 spiro atoms. The van der Waals surface area contributed by atoms with E-state index >= 15 is 0 Å². The van der Waals surface area contributed by atoms with Crippen LogP contribution < -0.4 is 10.2 Å². The van der Waals surface area contributed by atoms with Crippen LogP contribution in [0.25, 0.3) is 11.0 Å². The van der Waals surface area contributed by atoms with Gasteiger partial charge in [0.1, 0.15) is 0 Å². The van der Waals surface area contributed by atoms with E-state index in [1.165, 1.54) is 0 Å². The molecular weight excluding hydrogens is 264 g/mol. The highest BCUT2D eigenvalue weighted by Crippen LogP contribution is 2.18. The predicted octanol–water partition coefficient (Wildman–Crippen LogP) is 2.91. The summed E-state index contributed by atoms with van der Waals surface area (Å²) in [6.07, 6.45) is 1.64. The fraction of sp³-hybridized carbons (Fsp3) is 0.125. The van der Waals surface area contributed by atoms with Crippen molar-refractivity contribution in [2.24, 2.45) is 0 Å². The number of rotatable bonds is 3. The number of urea groups is 1. The van der Waals surface area contributed by atoms with E-state index in [1.807, 2.05) is 48.5 Å². The third-order valence-electron chi connectivity index (χ3n) is 3.38. The van der Waals surface area contributed by atoms with Crippen LogP contribution in [0.15, 0.2) is 54.9 Å². The van der Waals surface area contributed by atoms with E-state index in [0.717, 1.165) is 22.3 Å². The van der Waals surface area contributed by atoms with Crippen molar-refractivity contribution in [3.05, 3.63) is 60.4 Å². The van der Waals surface area contributed by atoms with Crippen molar-refractivity contribution >= 4 is 22.8 Å². The molecule has 0 radical (unpaired) electrons. The highest BCUT2D eigenvalue weighted by molar-refractivity contribution is 5.93. The second-order valence-corrected chi connectivity index (χ2v) is 4.81. The van der Waals surface area contributed by atoms with Crippen LogP contribution in [0.4, 0.5) is 10.5 Å². The maximum absolute atomic E-state index is 12.2. The minimum atomic E-state index is -0.141. The molecule has 21 heavy (non-hydrogen) atoms. The Morgan fingerprint density at radius 2 is 2.05 bits per heavy atom. The first-order valence-electron chi connectivity index (χ1n) is 6.72. The first-order valence-corrected chi connectivity index (χ1v) is 6.72. The van der Waals surface area contributed by atoms with Gasteiger partial charge in [-0.25, -0.2) is 9.78 Å². The maximum Gasteiger partial charge on any atom is 0.321 e. The minimum absolute atomic E-state index is 0.141. The molecule has 0 aliphatic carbocycles. The van der Waals surface area contributed by atoms with E-state index < -0.39 is 0 Å². The summed E-state index contributed by atoms with van der Waals surface area (Å²) in [7, 11) is 1.75. The van der Waals surface area contributed by atoms with Gasteiger partial charge in [0, 0.05) is 19.3 Å². The first-order chi connectivity index (χ1) is 10.2. The molecule has 1 aromatic heterocycles. The number of hydrogen-bond acceptors (Lipinski definition) is 2. The lowest BCUT2D eigenvalue weighted by Gasteiger charge is -2.18. The summed E-state index contributed by atoms with van der Waals surface area (Å²) in [4.78, 5) is 21.0. The van der Waals surface area contributed by atoms with Crippen LogP contribution in [0, 0.1) is 0 Å². The number of aromatic nitrogens is 2. The Bertz CT molecular complexity index is 751. The molecule has 2 aromatic carbocycles. The molecule has 5 heteroatoms. The number of H-pyrrole nitrogens is 1. The lowest BCUT2D eigenvalue weighted by Crippen LogP contribution is -2.36. The van der Waals surface area contributed by atoms with Crippen molar-refractivity contribution in [2.75, 3.05) is 11.9 Å². The maximum atomic E-state index is 12.2. The van der Waals surface area contributed by atoms with E-state index in [0.29, 0.717) is 6.54 Å². The smallest absolute Gasteiger partial charge is 0.321 e. The average Bonchev–Trinajstić information content (AvgIpc) is 3.00. The van der Waals surface area contributed by atoms with Crippen molar-refractivity contribution in [3.8, 4) is 0 Å². The molecule has 0 bridgehead atoms. The van der Waals surface area contributed by atoms with E-state index in [1.54, 1.807) is 18.3 Å². The third kappa shape index (κ3) is 2.86. The summed E-state index contributed by atoms with van der Waals surface area (Å²) in [5.41, 5.74) is 3.69. The number of benzene rings is 2. The summed E-state index contributed by atoms with van der Waals surface area (Å²) in [6.45, 7) is 0.510. The molecule has 3 rings (SSSR count). The van der Waals surface area contributed by atoms with Crippen molar-refractivity contribution in [1.29, 1.82) is 0 Å². The summed E-state index contributed by atoms with van der Waals surface area (Å²) in [5.74, 6) is 0. The molecule has 5 nitrogen and oxygen atoms in total. The Morgan fingerprint density at radius 3 is 2.86 bits per heavy atom. The Hall–Kier alpha value is -2.82. The van der Waals surface area contributed by atoms with E-state index in [2.05, 4.69) is 15.3 Å². The van der Waals surface area contributed by atoms with Crippen LogP contribution in [0.5, 0.6) is 0 Å². The van der Waals surface area contributed by atoms with Crippen LogP contribution >= 0.6 is 0 Å². The molecule has 0 atom stereocenters. The van der Waals surface area contributed by atoms with Gasteiger partial charge in [-0.15, -0.1) is 0 Å². The second kappa shape index (κ2) is 5.66. The van der Waals surface area contributed by atoms with Crippen LogP contribution in [0.2, 0.25) is 0 Å². The van der Waals surface area contributed by atoms with Gasteiger partial charge in [0.25, 0.3) is 0 Å². The monoisotopic (exact) mass is 280 g/mol. The largest absolute Gasteiger partial charge is 0.345 e. The predicted molar refractivity (Wildman–Crippen MR) is 83.2 cm³/mol. The highest BCUT2D eigenvalue weighted by Gasteiger charge is 2.11. The molecule has 0 aliphatic rings. The molecule has 0 saturated carbocycles. The van der Waals surface area contributed by atoms with E-state index in [9.17, 15) is 4.79 Å². The number of nitrogens with one attached hydrogen (secondary N) is 2. The summed E-state index contributed by atoms with van der Waals surface area (Å²) < 4.78 is 0. The van der Waals surface area contributed by atoms with Crippen molar-refractivity contribution in [2.45, 2.75) is 6.54 Å². The lowest BCUT2D eigenvalue weighted by molar-refractivity contribution is 0.247. The number of anilines is 1. The number of aromatic amines is 1. The lowest BCUT2D eigenvalue weighted by atomic mass is 10.2. The summed E-state index contributed by atoms with van der Waals surface area (Å²) in [6, 6.07) is 15.4. The topological polar surface area (TPSA) is 61.0 Å². The molecule has 106 valence electrons.